The summed E-state index contributed by atoms with van der Waals surface area (Å²) in [7, 11) is 0. The lowest BCUT2D eigenvalue weighted by Crippen LogP contribution is -2.54. The molecule has 5 rings (SSSR count). The summed E-state index contributed by atoms with van der Waals surface area (Å²) in [6.07, 6.45) is 5.15. The van der Waals surface area contributed by atoms with Crippen LogP contribution in [0, 0.1) is 34.5 Å². The van der Waals surface area contributed by atoms with Gasteiger partial charge in [-0.2, -0.15) is 13.2 Å². The van der Waals surface area contributed by atoms with Crippen LogP contribution in [0.25, 0.3) is 6.08 Å². The van der Waals surface area contributed by atoms with Crippen LogP contribution in [0.1, 0.15) is 76.3 Å². The molecule has 0 spiro atoms. The number of alkyl halides is 3. The van der Waals surface area contributed by atoms with Crippen molar-refractivity contribution in [3.05, 3.63) is 41.0 Å². The highest BCUT2D eigenvalue weighted by molar-refractivity contribution is 6.05. The quantitative estimate of drug-likeness (QED) is 0.489. The first-order chi connectivity index (χ1) is 15.0. The normalized spacial score (nSPS) is 43.0. The lowest BCUT2D eigenvalue weighted by atomic mass is 9.45. The third-order valence-electron chi connectivity index (χ3n) is 9.86. The molecule has 1 aromatic carbocycles. The van der Waals surface area contributed by atoms with Crippen molar-refractivity contribution in [2.24, 2.45) is 34.5 Å². The summed E-state index contributed by atoms with van der Waals surface area (Å²) < 4.78 is 38.6. The fourth-order valence-electron chi connectivity index (χ4n) is 8.00. The molecular weight excluding hydrogens is 413 g/mol. The second-order valence-electron chi connectivity index (χ2n) is 11.4. The van der Waals surface area contributed by atoms with E-state index in [9.17, 15) is 23.1 Å². The van der Waals surface area contributed by atoms with Crippen LogP contribution in [0.3, 0.4) is 0 Å². The summed E-state index contributed by atoms with van der Waals surface area (Å²) in [6.45, 7) is 4.56. The number of aliphatic hydroxyl groups excluding tert-OH is 1. The van der Waals surface area contributed by atoms with Gasteiger partial charge in [0.15, 0.2) is 5.78 Å². The van der Waals surface area contributed by atoms with Crippen molar-refractivity contribution < 1.29 is 23.1 Å². The van der Waals surface area contributed by atoms with Crippen LogP contribution in [0.5, 0.6) is 0 Å². The highest BCUT2D eigenvalue weighted by Gasteiger charge is 2.61. The van der Waals surface area contributed by atoms with E-state index in [4.69, 9.17) is 0 Å². The van der Waals surface area contributed by atoms with Crippen LogP contribution < -0.4 is 0 Å². The lowest BCUT2D eigenvalue weighted by Gasteiger charge is -2.59. The molecule has 174 valence electrons. The Morgan fingerprint density at radius 3 is 2.41 bits per heavy atom. The van der Waals surface area contributed by atoms with E-state index in [0.29, 0.717) is 29.2 Å². The molecule has 32 heavy (non-hydrogen) atoms. The molecule has 0 aliphatic heterocycles. The van der Waals surface area contributed by atoms with E-state index in [1.54, 1.807) is 0 Å². The third kappa shape index (κ3) is 3.38. The molecule has 0 bridgehead atoms. The fraction of sp³-hybridized carbons (Fsp3) is 0.667. The van der Waals surface area contributed by atoms with E-state index < -0.39 is 11.7 Å². The summed E-state index contributed by atoms with van der Waals surface area (Å²) in [6, 6.07) is 5.12. The minimum Gasteiger partial charge on any atom is -0.393 e. The Labute approximate surface area is 188 Å². The van der Waals surface area contributed by atoms with Crippen molar-refractivity contribution in [2.75, 3.05) is 0 Å². The summed E-state index contributed by atoms with van der Waals surface area (Å²) >= 11 is 0. The average Bonchev–Trinajstić information content (AvgIpc) is 2.99. The van der Waals surface area contributed by atoms with Crippen LogP contribution in [0.4, 0.5) is 13.2 Å². The molecule has 4 fully saturated rings. The standard InChI is InChI=1S/C27H33F3O2/c1-25-11-9-20(31)15-19(25)7-8-21-22(25)10-12-26(2)23(21)14-17(24(26)32)13-16-3-5-18(6-4-16)27(28,29)30/h3-6,13,19-23,31H,7-12,14-15H2,1-2H3/b17-13+. The third-order valence-corrected chi connectivity index (χ3v) is 9.86. The smallest absolute Gasteiger partial charge is 0.393 e. The number of halogens is 3. The van der Waals surface area contributed by atoms with Crippen LogP contribution in [0.2, 0.25) is 0 Å². The van der Waals surface area contributed by atoms with E-state index in [-0.39, 0.29) is 22.7 Å². The molecule has 0 amide bonds. The molecule has 4 aliphatic rings. The molecular formula is C27H33F3O2. The molecule has 7 atom stereocenters. The molecule has 7 unspecified atom stereocenters. The SMILES string of the molecule is CC12CCC3C(CCC4CC(O)CCC43C)C1C/C(=C\c1ccc(C(F)(F)F)cc1)C2=O. The van der Waals surface area contributed by atoms with E-state index in [1.165, 1.54) is 12.1 Å². The molecule has 1 N–H and O–H groups in total. The van der Waals surface area contributed by atoms with Crippen molar-refractivity contribution in [1.82, 2.24) is 0 Å². The van der Waals surface area contributed by atoms with Gasteiger partial charge in [-0.15, -0.1) is 0 Å². The second kappa shape index (κ2) is 7.44. The number of benzene rings is 1. The van der Waals surface area contributed by atoms with Gasteiger partial charge in [-0.3, -0.25) is 4.79 Å². The van der Waals surface area contributed by atoms with E-state index in [2.05, 4.69) is 13.8 Å². The molecule has 5 heteroatoms. The number of fused-ring (bicyclic) bond motifs is 5. The van der Waals surface area contributed by atoms with Crippen molar-refractivity contribution >= 4 is 11.9 Å². The molecule has 0 saturated heterocycles. The average molecular weight is 447 g/mol. The summed E-state index contributed by atoms with van der Waals surface area (Å²) in [5.74, 6) is 2.22. The highest BCUT2D eigenvalue weighted by atomic mass is 19.4. The molecule has 2 nitrogen and oxygen atoms in total. The van der Waals surface area contributed by atoms with Gasteiger partial charge >= 0.3 is 6.18 Å². The second-order valence-corrected chi connectivity index (χ2v) is 11.4. The van der Waals surface area contributed by atoms with Gasteiger partial charge < -0.3 is 5.11 Å². The zero-order valence-corrected chi connectivity index (χ0v) is 18.9. The number of rotatable bonds is 1. The number of carbonyl (C=O) groups is 1. The number of allylic oxidation sites excluding steroid dienone is 1. The van der Waals surface area contributed by atoms with Gasteiger partial charge in [-0.1, -0.05) is 26.0 Å². The Morgan fingerprint density at radius 1 is 1.00 bits per heavy atom. The van der Waals surface area contributed by atoms with Crippen molar-refractivity contribution in [3.63, 3.8) is 0 Å². The number of Topliss-reactive ketones (excluding diaryl/α,β-unsaturated/α-hetero) is 1. The predicted octanol–water partition coefficient (Wildman–Crippen LogP) is 6.67. The zero-order valence-electron chi connectivity index (χ0n) is 18.9. The van der Waals surface area contributed by atoms with E-state index >= 15 is 0 Å². The van der Waals surface area contributed by atoms with Gasteiger partial charge in [-0.05, 0) is 110 Å². The molecule has 4 saturated carbocycles. The maximum absolute atomic E-state index is 13.5. The van der Waals surface area contributed by atoms with Crippen LogP contribution >= 0.6 is 0 Å². The Morgan fingerprint density at radius 2 is 1.72 bits per heavy atom. The van der Waals surface area contributed by atoms with Gasteiger partial charge in [0.2, 0.25) is 0 Å². The summed E-state index contributed by atoms with van der Waals surface area (Å²) in [4.78, 5) is 13.5. The first-order valence-corrected chi connectivity index (χ1v) is 12.1. The fourth-order valence-corrected chi connectivity index (χ4v) is 8.00. The Kier molecular flexibility index (Phi) is 5.16. The van der Waals surface area contributed by atoms with Crippen LogP contribution in [-0.2, 0) is 11.0 Å². The first kappa shape index (κ1) is 22.2. The largest absolute Gasteiger partial charge is 0.416 e. The molecule has 0 heterocycles. The highest BCUT2D eigenvalue weighted by Crippen LogP contribution is 2.66. The number of hydrogen-bond donors (Lipinski definition) is 1. The van der Waals surface area contributed by atoms with Crippen LogP contribution in [0.15, 0.2) is 29.8 Å². The maximum atomic E-state index is 13.5. The Balaban J connectivity index is 1.41. The maximum Gasteiger partial charge on any atom is 0.416 e. The topological polar surface area (TPSA) is 37.3 Å². The van der Waals surface area contributed by atoms with Gasteiger partial charge in [-0.25, -0.2) is 0 Å². The molecule has 0 aromatic heterocycles. The van der Waals surface area contributed by atoms with Gasteiger partial charge in [0, 0.05) is 5.41 Å². The molecule has 1 aromatic rings. The molecule has 4 aliphatic carbocycles. The monoisotopic (exact) mass is 446 g/mol. The van der Waals surface area contributed by atoms with Crippen molar-refractivity contribution in [3.8, 4) is 0 Å². The predicted molar refractivity (Wildman–Crippen MR) is 118 cm³/mol. The zero-order chi connectivity index (χ0) is 22.9. The van der Waals surface area contributed by atoms with E-state index in [1.807, 2.05) is 6.08 Å². The van der Waals surface area contributed by atoms with Crippen LogP contribution in [-0.4, -0.2) is 17.0 Å². The van der Waals surface area contributed by atoms with Crippen molar-refractivity contribution in [1.29, 1.82) is 0 Å². The van der Waals surface area contributed by atoms with Gasteiger partial charge in [0.1, 0.15) is 0 Å². The van der Waals surface area contributed by atoms with E-state index in [0.717, 1.165) is 69.1 Å². The number of ketones is 1. The molecule has 0 radical (unpaired) electrons. The number of carbonyl (C=O) groups excluding carboxylic acids is 1. The minimum atomic E-state index is -4.35. The van der Waals surface area contributed by atoms with Gasteiger partial charge in [0.05, 0.1) is 11.7 Å². The first-order valence-electron chi connectivity index (χ1n) is 12.1. The van der Waals surface area contributed by atoms with Gasteiger partial charge in [0.25, 0.3) is 0 Å². The van der Waals surface area contributed by atoms with Crippen molar-refractivity contribution in [2.45, 2.75) is 77.5 Å². The lowest BCUT2D eigenvalue weighted by molar-refractivity contribution is -0.141. The number of hydrogen-bond acceptors (Lipinski definition) is 2. The number of aliphatic hydroxyl groups is 1. The minimum absolute atomic E-state index is 0.162. The summed E-state index contributed by atoms with van der Waals surface area (Å²) in [5.41, 5.74) is 0.688. The Hall–Kier alpha value is -1.62. The summed E-state index contributed by atoms with van der Waals surface area (Å²) in [5, 5.41) is 10.2. The Bertz CT molecular complexity index is 933.